The van der Waals surface area contributed by atoms with Gasteiger partial charge in [-0.25, -0.2) is 0 Å². The van der Waals surface area contributed by atoms with Crippen molar-refractivity contribution in [2.45, 2.75) is 97.3 Å². The van der Waals surface area contributed by atoms with Crippen LogP contribution in [0.25, 0.3) is 0 Å². The Balaban J connectivity index is 0. The van der Waals surface area contributed by atoms with Gasteiger partial charge in [-0.05, 0) is 31.4 Å². The summed E-state index contributed by atoms with van der Waals surface area (Å²) in [5.41, 5.74) is 2.64. The molecule has 0 bridgehead atoms. The third kappa shape index (κ3) is 13.7. The van der Waals surface area contributed by atoms with E-state index in [9.17, 15) is 0 Å². The van der Waals surface area contributed by atoms with Gasteiger partial charge in [-0.2, -0.15) is 0 Å². The zero-order valence-corrected chi connectivity index (χ0v) is 17.3. The van der Waals surface area contributed by atoms with Gasteiger partial charge in [0.2, 0.25) is 0 Å². The van der Waals surface area contributed by atoms with Gasteiger partial charge in [0.25, 0.3) is 0 Å². The van der Waals surface area contributed by atoms with E-state index in [-0.39, 0.29) is 23.1 Å². The topological polar surface area (TPSA) is 49.4 Å². The number of quaternary nitrogens is 1. The van der Waals surface area contributed by atoms with Crippen LogP contribution in [0.15, 0.2) is 18.3 Å². The van der Waals surface area contributed by atoms with Gasteiger partial charge >= 0.3 is 0 Å². The first kappa shape index (κ1) is 24.8. The molecule has 0 aromatic carbocycles. The summed E-state index contributed by atoms with van der Waals surface area (Å²) in [6, 6.07) is 4.28. The van der Waals surface area contributed by atoms with E-state index in [2.05, 4.69) is 31.0 Å². The molecule has 0 unspecified atom stereocenters. The number of halogens is 1. The number of aromatic nitrogens is 1. The minimum absolute atomic E-state index is 0. The van der Waals surface area contributed by atoms with E-state index in [1.54, 1.807) is 0 Å². The van der Waals surface area contributed by atoms with Crippen LogP contribution >= 0.6 is 0 Å². The Hall–Kier alpha value is -0.410. The lowest BCUT2D eigenvalue weighted by molar-refractivity contribution is -0.00000519. The highest BCUT2D eigenvalue weighted by atomic mass is 79.9. The summed E-state index contributed by atoms with van der Waals surface area (Å²) in [6.07, 6.45) is 20.1. The summed E-state index contributed by atoms with van der Waals surface area (Å²) < 4.78 is 0. The third-order valence-electron chi connectivity index (χ3n) is 4.42. The molecule has 0 saturated carbocycles. The number of hydrogen-bond acceptors (Lipinski definition) is 1. The highest BCUT2D eigenvalue weighted by Crippen LogP contribution is 2.14. The Morgan fingerprint density at radius 2 is 1.26 bits per heavy atom. The van der Waals surface area contributed by atoms with Crippen LogP contribution in [-0.4, -0.2) is 4.98 Å². The second-order valence-corrected chi connectivity index (χ2v) is 6.39. The smallest absolute Gasteiger partial charge is 0.0404 e. The van der Waals surface area contributed by atoms with Crippen molar-refractivity contribution < 1.29 is 17.0 Å². The van der Waals surface area contributed by atoms with E-state index in [0.717, 1.165) is 0 Å². The van der Waals surface area contributed by atoms with E-state index < -0.39 is 0 Å². The van der Waals surface area contributed by atoms with E-state index in [1.165, 1.54) is 94.7 Å². The summed E-state index contributed by atoms with van der Waals surface area (Å²) in [6.45, 7) is 4.41. The fraction of sp³-hybridized carbons (Fsp3) is 0.750. The molecule has 2 nitrogen and oxygen atoms in total. The van der Waals surface area contributed by atoms with Gasteiger partial charge in [0.1, 0.15) is 0 Å². The average molecular weight is 387 g/mol. The number of hydrogen-bond donors (Lipinski definition) is 1. The van der Waals surface area contributed by atoms with Crippen LogP contribution in [-0.2, 0) is 6.42 Å². The Morgan fingerprint density at radius 1 is 0.783 bits per heavy atom. The highest BCUT2D eigenvalue weighted by Gasteiger charge is 1.98. The van der Waals surface area contributed by atoms with Gasteiger partial charge in [-0.15, -0.1) is 0 Å². The first-order chi connectivity index (χ1) is 10.3. The standard InChI is InChI=1S/C20H35N.BrH.H3N/c1-3-4-5-6-7-8-9-10-11-12-13-14-16-20-17-15-18-21-19(20)2;;/h15,17-18H,3-14,16H2,1-2H3;1H;1H3. The predicted molar refractivity (Wildman–Crippen MR) is 99.7 cm³/mol. The average Bonchev–Trinajstić information content (AvgIpc) is 2.50. The van der Waals surface area contributed by atoms with Crippen LogP contribution < -0.4 is 23.1 Å². The summed E-state index contributed by atoms with van der Waals surface area (Å²) in [4.78, 5) is 4.35. The molecular weight excluding hydrogens is 348 g/mol. The minimum atomic E-state index is 0. The van der Waals surface area contributed by atoms with E-state index in [1.807, 2.05) is 6.20 Å². The molecule has 4 N–H and O–H groups in total. The van der Waals surface area contributed by atoms with Crippen molar-refractivity contribution in [2.75, 3.05) is 0 Å². The van der Waals surface area contributed by atoms with Crippen molar-refractivity contribution >= 4 is 0 Å². The number of rotatable bonds is 13. The van der Waals surface area contributed by atoms with Crippen molar-refractivity contribution in [2.24, 2.45) is 0 Å². The second kappa shape index (κ2) is 17.9. The monoisotopic (exact) mass is 386 g/mol. The van der Waals surface area contributed by atoms with Crippen molar-refractivity contribution in [3.63, 3.8) is 0 Å². The first-order valence-corrected chi connectivity index (χ1v) is 9.25. The summed E-state index contributed by atoms with van der Waals surface area (Å²) in [7, 11) is 0. The molecule has 3 heteroatoms. The van der Waals surface area contributed by atoms with Gasteiger partial charge in [-0.1, -0.05) is 83.6 Å². The van der Waals surface area contributed by atoms with Crippen LogP contribution in [0.4, 0.5) is 0 Å². The molecule has 1 aromatic heterocycles. The summed E-state index contributed by atoms with van der Waals surface area (Å²) >= 11 is 0. The van der Waals surface area contributed by atoms with Crippen molar-refractivity contribution in [1.29, 1.82) is 0 Å². The fourth-order valence-electron chi connectivity index (χ4n) is 2.94. The van der Waals surface area contributed by atoms with Gasteiger partial charge < -0.3 is 23.1 Å². The quantitative estimate of drug-likeness (QED) is 0.511. The van der Waals surface area contributed by atoms with Crippen molar-refractivity contribution in [1.82, 2.24) is 11.1 Å². The molecule has 136 valence electrons. The molecule has 0 saturated heterocycles. The van der Waals surface area contributed by atoms with E-state index in [0.29, 0.717) is 0 Å². The largest absolute Gasteiger partial charge is 1.00 e. The van der Waals surface area contributed by atoms with Gasteiger partial charge in [0, 0.05) is 11.9 Å². The molecule has 0 atom stereocenters. The molecule has 0 aliphatic heterocycles. The number of nitrogens with zero attached hydrogens (tertiary/aromatic N) is 1. The molecule has 23 heavy (non-hydrogen) atoms. The zero-order valence-electron chi connectivity index (χ0n) is 15.7. The lowest BCUT2D eigenvalue weighted by Gasteiger charge is -2.05. The summed E-state index contributed by atoms with van der Waals surface area (Å²) in [5.74, 6) is 0. The molecule has 1 heterocycles. The van der Waals surface area contributed by atoms with Gasteiger partial charge in [0.15, 0.2) is 0 Å². The number of pyridine rings is 1. The van der Waals surface area contributed by atoms with Gasteiger partial charge in [-0.3, -0.25) is 4.98 Å². The molecular formula is C20H39BrN2. The van der Waals surface area contributed by atoms with Crippen LogP contribution in [0.5, 0.6) is 0 Å². The summed E-state index contributed by atoms with van der Waals surface area (Å²) in [5, 5.41) is 0. The van der Waals surface area contributed by atoms with E-state index in [4.69, 9.17) is 0 Å². The molecule has 0 radical (unpaired) electrons. The Bertz CT molecular complexity index is 355. The fourth-order valence-corrected chi connectivity index (χ4v) is 2.94. The van der Waals surface area contributed by atoms with Crippen molar-refractivity contribution in [3.8, 4) is 0 Å². The lowest BCUT2D eigenvalue weighted by Crippen LogP contribution is -3.00. The van der Waals surface area contributed by atoms with Crippen LogP contribution in [0.1, 0.15) is 95.2 Å². The molecule has 0 aliphatic rings. The molecule has 0 fully saturated rings. The maximum atomic E-state index is 4.35. The highest BCUT2D eigenvalue weighted by molar-refractivity contribution is 5.18. The Kier molecular flexibility index (Phi) is 19.4. The first-order valence-electron chi connectivity index (χ1n) is 9.25. The normalized spacial score (nSPS) is 10.0. The SMILES string of the molecule is CCCCCCCCCCCCCCc1cccnc1C.[Br-].[NH4+]. The maximum absolute atomic E-state index is 4.35. The zero-order chi connectivity index (χ0) is 15.2. The molecule has 0 aliphatic carbocycles. The van der Waals surface area contributed by atoms with Crippen molar-refractivity contribution in [3.05, 3.63) is 29.6 Å². The number of unbranched alkanes of at least 4 members (excludes halogenated alkanes) is 11. The maximum Gasteiger partial charge on any atom is 0.0404 e. The van der Waals surface area contributed by atoms with Gasteiger partial charge in [0.05, 0.1) is 0 Å². The second-order valence-electron chi connectivity index (χ2n) is 6.39. The predicted octanol–water partition coefficient (Wildman–Crippen LogP) is 4.01. The number of aryl methyl sites for hydroxylation is 2. The third-order valence-corrected chi connectivity index (χ3v) is 4.42. The molecule has 0 amide bonds. The molecule has 0 spiro atoms. The Morgan fingerprint density at radius 3 is 1.74 bits per heavy atom. The van der Waals surface area contributed by atoms with Crippen LogP contribution in [0.3, 0.4) is 0 Å². The lowest BCUT2D eigenvalue weighted by atomic mass is 10.0. The molecule has 1 rings (SSSR count). The minimum Gasteiger partial charge on any atom is -1.00 e. The van der Waals surface area contributed by atoms with E-state index >= 15 is 0 Å². The molecule has 1 aromatic rings. The van der Waals surface area contributed by atoms with Crippen LogP contribution in [0, 0.1) is 6.92 Å². The Labute approximate surface area is 155 Å². The van der Waals surface area contributed by atoms with Crippen LogP contribution in [0.2, 0.25) is 0 Å².